The number of carbonyl (C=O) groups excluding carboxylic acids is 1. The van der Waals surface area contributed by atoms with Gasteiger partial charge in [-0.3, -0.25) is 9.08 Å². The molecule has 0 aromatic heterocycles. The smallest absolute Gasteiger partial charge is 0.411 e. The van der Waals surface area contributed by atoms with Crippen LogP contribution in [0.25, 0.3) is 0 Å². The van der Waals surface area contributed by atoms with Crippen LogP contribution in [-0.2, 0) is 19.0 Å². The molecule has 0 saturated carbocycles. The number of ether oxygens (including phenoxy) is 1. The van der Waals surface area contributed by atoms with Crippen molar-refractivity contribution in [3.63, 3.8) is 0 Å². The second kappa shape index (κ2) is 7.75. The van der Waals surface area contributed by atoms with Gasteiger partial charge in [0.1, 0.15) is 18.4 Å². The van der Waals surface area contributed by atoms with Crippen LogP contribution in [0.5, 0.6) is 0 Å². The van der Waals surface area contributed by atoms with Crippen molar-refractivity contribution in [2.75, 3.05) is 13.2 Å². The van der Waals surface area contributed by atoms with Crippen LogP contribution < -0.4 is 0 Å². The predicted molar refractivity (Wildman–Crippen MR) is 95.1 cm³/mol. The topological polar surface area (TPSA) is 72.9 Å². The van der Waals surface area contributed by atoms with Crippen LogP contribution >= 0.6 is 0 Å². The number of nitrogens with zero attached hydrogens (tertiary/aromatic N) is 1. The van der Waals surface area contributed by atoms with Crippen LogP contribution in [-0.4, -0.2) is 50.4 Å². The summed E-state index contributed by atoms with van der Waals surface area (Å²) >= 11 is 0. The molecule has 0 radical (unpaired) electrons. The Balaban J connectivity index is 2.00. The first-order valence-electron chi connectivity index (χ1n) is 8.26. The van der Waals surface area contributed by atoms with E-state index in [2.05, 4.69) is 0 Å². The maximum atomic E-state index is 14.6. The van der Waals surface area contributed by atoms with Crippen molar-refractivity contribution >= 4 is 16.2 Å². The zero-order valence-electron chi connectivity index (χ0n) is 15.3. The van der Waals surface area contributed by atoms with Crippen LogP contribution in [0.15, 0.2) is 41.3 Å². The first-order valence-corrected chi connectivity index (χ1v) is 9.67. The van der Waals surface area contributed by atoms with Gasteiger partial charge in [0.25, 0.3) is 10.1 Å². The summed E-state index contributed by atoms with van der Waals surface area (Å²) in [7, 11) is -4.07. The molecule has 2 rings (SSSR count). The SMILES string of the molecule is Cc1ccc(S(=O)(=O)OCC(F)C2C=CCN2C(=O)OC(C)(C)C)cc1. The second-order valence-corrected chi connectivity index (χ2v) is 8.73. The Kier molecular flexibility index (Phi) is 6.08. The summed E-state index contributed by atoms with van der Waals surface area (Å²) < 4.78 is 49.0. The molecule has 1 aliphatic heterocycles. The van der Waals surface area contributed by atoms with E-state index in [0.29, 0.717) is 0 Å². The molecule has 8 heteroatoms. The molecular formula is C18H24FNO5S. The normalized spacial score (nSPS) is 18.8. The molecule has 0 N–H and O–H groups in total. The number of amides is 1. The molecule has 0 fully saturated rings. The molecule has 144 valence electrons. The molecule has 6 nitrogen and oxygen atoms in total. The van der Waals surface area contributed by atoms with Crippen LogP contribution in [0, 0.1) is 6.92 Å². The summed E-state index contributed by atoms with van der Waals surface area (Å²) in [6.45, 7) is 6.48. The maximum absolute atomic E-state index is 14.6. The van der Waals surface area contributed by atoms with E-state index in [4.69, 9.17) is 8.92 Å². The monoisotopic (exact) mass is 385 g/mol. The fraction of sp³-hybridized carbons (Fsp3) is 0.500. The molecule has 1 heterocycles. The van der Waals surface area contributed by atoms with Gasteiger partial charge >= 0.3 is 6.09 Å². The van der Waals surface area contributed by atoms with Crippen molar-refractivity contribution in [2.45, 2.75) is 50.4 Å². The van der Waals surface area contributed by atoms with Gasteiger partial charge in [-0.25, -0.2) is 9.18 Å². The van der Waals surface area contributed by atoms with Crippen LogP contribution in [0.4, 0.5) is 9.18 Å². The molecule has 0 spiro atoms. The molecule has 1 aromatic carbocycles. The van der Waals surface area contributed by atoms with E-state index < -0.39 is 40.6 Å². The predicted octanol–water partition coefficient (Wildman–Crippen LogP) is 3.21. The highest BCUT2D eigenvalue weighted by Crippen LogP contribution is 2.21. The Morgan fingerprint density at radius 1 is 1.31 bits per heavy atom. The molecule has 1 aliphatic rings. The lowest BCUT2D eigenvalue weighted by Gasteiger charge is -2.29. The van der Waals surface area contributed by atoms with Crippen molar-refractivity contribution in [3.8, 4) is 0 Å². The molecule has 1 aromatic rings. The van der Waals surface area contributed by atoms with E-state index in [1.54, 1.807) is 39.0 Å². The fourth-order valence-electron chi connectivity index (χ4n) is 2.40. The van der Waals surface area contributed by atoms with Gasteiger partial charge in [0.2, 0.25) is 0 Å². The van der Waals surface area contributed by atoms with Crippen molar-refractivity contribution < 1.29 is 26.5 Å². The van der Waals surface area contributed by atoms with Crippen molar-refractivity contribution in [1.29, 1.82) is 0 Å². The van der Waals surface area contributed by atoms with Crippen LogP contribution in [0.3, 0.4) is 0 Å². The van der Waals surface area contributed by atoms with E-state index in [9.17, 15) is 17.6 Å². The van der Waals surface area contributed by atoms with E-state index >= 15 is 0 Å². The van der Waals surface area contributed by atoms with E-state index in [1.165, 1.54) is 23.1 Å². The summed E-state index contributed by atoms with van der Waals surface area (Å²) in [4.78, 5) is 13.3. The minimum absolute atomic E-state index is 0.0405. The number of aryl methyl sites for hydroxylation is 1. The summed E-state index contributed by atoms with van der Waals surface area (Å²) in [5, 5.41) is 0. The minimum Gasteiger partial charge on any atom is -0.444 e. The Labute approximate surface area is 153 Å². The molecule has 0 bridgehead atoms. The van der Waals surface area contributed by atoms with Gasteiger partial charge in [0.05, 0.1) is 10.9 Å². The molecule has 0 aliphatic carbocycles. The van der Waals surface area contributed by atoms with Crippen molar-refractivity contribution in [3.05, 3.63) is 42.0 Å². The van der Waals surface area contributed by atoms with E-state index in [0.717, 1.165) is 5.56 Å². The van der Waals surface area contributed by atoms with Gasteiger partial charge in [0, 0.05) is 6.54 Å². The third kappa shape index (κ3) is 5.28. The lowest BCUT2D eigenvalue weighted by Crippen LogP contribution is -2.45. The standard InChI is InChI=1S/C18H24FNO5S/c1-13-7-9-14(10-8-13)26(22,23)24-12-15(19)16-6-5-11-20(16)17(21)25-18(2,3)4/h5-10,15-16H,11-12H2,1-4H3. The summed E-state index contributed by atoms with van der Waals surface area (Å²) in [6, 6.07) is 5.14. The maximum Gasteiger partial charge on any atom is 0.411 e. The number of halogens is 1. The van der Waals surface area contributed by atoms with Gasteiger partial charge in [-0.1, -0.05) is 29.8 Å². The van der Waals surface area contributed by atoms with Crippen molar-refractivity contribution in [1.82, 2.24) is 4.90 Å². The number of carbonyl (C=O) groups is 1. The first-order chi connectivity index (χ1) is 12.0. The Bertz CT molecular complexity index is 768. The second-order valence-electron chi connectivity index (χ2n) is 7.12. The Morgan fingerprint density at radius 2 is 1.92 bits per heavy atom. The highest BCUT2D eigenvalue weighted by atomic mass is 32.2. The third-order valence-electron chi connectivity index (χ3n) is 3.69. The van der Waals surface area contributed by atoms with Crippen molar-refractivity contribution in [2.24, 2.45) is 0 Å². The van der Waals surface area contributed by atoms with E-state index in [1.807, 2.05) is 6.92 Å². The third-order valence-corrected chi connectivity index (χ3v) is 4.98. The Hall–Kier alpha value is -1.93. The first kappa shape index (κ1) is 20.4. The summed E-state index contributed by atoms with van der Waals surface area (Å²) in [6.07, 6.45) is 0.782. The quantitative estimate of drug-likeness (QED) is 0.575. The Morgan fingerprint density at radius 3 is 2.50 bits per heavy atom. The number of hydrogen-bond donors (Lipinski definition) is 0. The highest BCUT2D eigenvalue weighted by molar-refractivity contribution is 7.86. The lowest BCUT2D eigenvalue weighted by molar-refractivity contribution is 0.0148. The number of hydrogen-bond acceptors (Lipinski definition) is 5. The van der Waals surface area contributed by atoms with E-state index in [-0.39, 0.29) is 11.4 Å². The molecule has 26 heavy (non-hydrogen) atoms. The van der Waals surface area contributed by atoms with Gasteiger partial charge in [0.15, 0.2) is 0 Å². The average Bonchev–Trinajstić information content (AvgIpc) is 3.01. The fourth-order valence-corrected chi connectivity index (χ4v) is 3.31. The minimum atomic E-state index is -4.07. The number of alkyl halides is 1. The van der Waals surface area contributed by atoms with Gasteiger partial charge < -0.3 is 4.74 Å². The summed E-state index contributed by atoms with van der Waals surface area (Å²) in [5.74, 6) is 0. The largest absolute Gasteiger partial charge is 0.444 e. The average molecular weight is 385 g/mol. The molecular weight excluding hydrogens is 361 g/mol. The molecule has 2 unspecified atom stereocenters. The van der Waals surface area contributed by atoms with Gasteiger partial charge in [-0.15, -0.1) is 0 Å². The zero-order chi connectivity index (χ0) is 19.5. The lowest BCUT2D eigenvalue weighted by atomic mass is 10.2. The summed E-state index contributed by atoms with van der Waals surface area (Å²) in [5.41, 5.74) is 0.192. The number of rotatable bonds is 5. The zero-order valence-corrected chi connectivity index (χ0v) is 16.1. The number of benzene rings is 1. The van der Waals surface area contributed by atoms with Crippen LogP contribution in [0.2, 0.25) is 0 Å². The molecule has 1 amide bonds. The van der Waals surface area contributed by atoms with Gasteiger partial charge in [-0.05, 0) is 39.8 Å². The highest BCUT2D eigenvalue weighted by Gasteiger charge is 2.35. The van der Waals surface area contributed by atoms with Crippen LogP contribution in [0.1, 0.15) is 26.3 Å². The molecule has 2 atom stereocenters. The molecule has 0 saturated heterocycles. The van der Waals surface area contributed by atoms with Gasteiger partial charge in [-0.2, -0.15) is 8.42 Å².